The van der Waals surface area contributed by atoms with E-state index >= 15 is 0 Å². The molecule has 0 saturated heterocycles. The zero-order valence-electron chi connectivity index (χ0n) is 10.5. The SMILES string of the molecule is CNC(=O)C(C)(C)CNCc1ccc(Br)cc1. The fourth-order valence-corrected chi connectivity index (χ4v) is 1.80. The molecule has 0 saturated carbocycles. The van der Waals surface area contributed by atoms with Crippen molar-refractivity contribution in [1.29, 1.82) is 0 Å². The second kappa shape index (κ2) is 6.17. The number of nitrogens with one attached hydrogen (secondary N) is 2. The molecule has 94 valence electrons. The van der Waals surface area contributed by atoms with Crippen molar-refractivity contribution in [3.8, 4) is 0 Å². The third-order valence-electron chi connectivity index (χ3n) is 2.65. The van der Waals surface area contributed by atoms with Gasteiger partial charge >= 0.3 is 0 Å². The number of amides is 1. The highest BCUT2D eigenvalue weighted by Gasteiger charge is 2.25. The van der Waals surface area contributed by atoms with E-state index in [1.165, 1.54) is 5.56 Å². The zero-order valence-corrected chi connectivity index (χ0v) is 12.1. The molecule has 4 heteroatoms. The van der Waals surface area contributed by atoms with Crippen LogP contribution in [0.3, 0.4) is 0 Å². The molecule has 0 aliphatic heterocycles. The van der Waals surface area contributed by atoms with Gasteiger partial charge in [-0.3, -0.25) is 4.79 Å². The van der Waals surface area contributed by atoms with Crippen molar-refractivity contribution in [1.82, 2.24) is 10.6 Å². The molecule has 0 spiro atoms. The average molecular weight is 299 g/mol. The Hall–Kier alpha value is -0.870. The molecule has 0 fully saturated rings. The first kappa shape index (κ1) is 14.2. The fourth-order valence-electron chi connectivity index (χ4n) is 1.54. The lowest BCUT2D eigenvalue weighted by atomic mass is 9.92. The van der Waals surface area contributed by atoms with Crippen LogP contribution in [0.4, 0.5) is 0 Å². The minimum absolute atomic E-state index is 0.0563. The van der Waals surface area contributed by atoms with E-state index in [1.54, 1.807) is 7.05 Å². The molecule has 0 atom stereocenters. The molecule has 0 unspecified atom stereocenters. The molecule has 2 N–H and O–H groups in total. The molecule has 1 aromatic rings. The van der Waals surface area contributed by atoms with Gasteiger partial charge in [-0.25, -0.2) is 0 Å². The van der Waals surface area contributed by atoms with E-state index in [4.69, 9.17) is 0 Å². The topological polar surface area (TPSA) is 41.1 Å². The molecule has 0 aromatic heterocycles. The summed E-state index contributed by atoms with van der Waals surface area (Å²) in [7, 11) is 1.67. The number of carbonyl (C=O) groups excluding carboxylic acids is 1. The molecule has 0 aliphatic carbocycles. The Labute approximate surface area is 111 Å². The summed E-state index contributed by atoms with van der Waals surface area (Å²) in [6, 6.07) is 8.15. The van der Waals surface area contributed by atoms with Gasteiger partial charge in [-0.15, -0.1) is 0 Å². The summed E-state index contributed by atoms with van der Waals surface area (Å²) in [5.74, 6) is 0.0563. The van der Waals surface area contributed by atoms with E-state index in [9.17, 15) is 4.79 Å². The van der Waals surface area contributed by atoms with Crippen LogP contribution in [0.25, 0.3) is 0 Å². The van der Waals surface area contributed by atoms with Gasteiger partial charge in [0, 0.05) is 24.6 Å². The summed E-state index contributed by atoms with van der Waals surface area (Å²) in [5, 5.41) is 5.98. The molecule has 3 nitrogen and oxygen atoms in total. The molecular formula is C13H19BrN2O. The maximum absolute atomic E-state index is 11.6. The first-order chi connectivity index (χ1) is 7.95. The molecule has 17 heavy (non-hydrogen) atoms. The summed E-state index contributed by atoms with van der Waals surface area (Å²) in [6.07, 6.45) is 0. The Bertz CT molecular complexity index is 374. The fraction of sp³-hybridized carbons (Fsp3) is 0.462. The van der Waals surface area contributed by atoms with E-state index in [-0.39, 0.29) is 11.3 Å². The van der Waals surface area contributed by atoms with Crippen LogP contribution in [-0.4, -0.2) is 19.5 Å². The lowest BCUT2D eigenvalue weighted by Crippen LogP contribution is -2.41. The van der Waals surface area contributed by atoms with Crippen molar-refractivity contribution in [2.24, 2.45) is 5.41 Å². The molecule has 1 aromatic carbocycles. The second-order valence-corrected chi connectivity index (χ2v) is 5.61. The van der Waals surface area contributed by atoms with Gasteiger partial charge in [0.2, 0.25) is 5.91 Å². The summed E-state index contributed by atoms with van der Waals surface area (Å²) in [4.78, 5) is 11.6. The van der Waals surface area contributed by atoms with Gasteiger partial charge in [-0.05, 0) is 31.5 Å². The van der Waals surface area contributed by atoms with Crippen LogP contribution in [-0.2, 0) is 11.3 Å². The molecule has 1 rings (SSSR count). The minimum atomic E-state index is -0.385. The molecule has 0 radical (unpaired) electrons. The Balaban J connectivity index is 2.42. The number of carbonyl (C=O) groups is 1. The molecule has 1 amide bonds. The van der Waals surface area contributed by atoms with E-state index < -0.39 is 0 Å². The Morgan fingerprint density at radius 2 is 1.88 bits per heavy atom. The summed E-state index contributed by atoms with van der Waals surface area (Å²) in [5.41, 5.74) is 0.824. The van der Waals surface area contributed by atoms with Crippen molar-refractivity contribution in [2.45, 2.75) is 20.4 Å². The number of benzene rings is 1. The molecule has 0 heterocycles. The minimum Gasteiger partial charge on any atom is -0.359 e. The van der Waals surface area contributed by atoms with Crippen LogP contribution in [0.15, 0.2) is 28.7 Å². The van der Waals surface area contributed by atoms with Crippen LogP contribution in [0, 0.1) is 5.41 Å². The maximum atomic E-state index is 11.6. The molecule has 0 aliphatic rings. The van der Waals surface area contributed by atoms with Crippen LogP contribution in [0.5, 0.6) is 0 Å². The zero-order chi connectivity index (χ0) is 12.9. The van der Waals surface area contributed by atoms with Crippen molar-refractivity contribution in [2.75, 3.05) is 13.6 Å². The van der Waals surface area contributed by atoms with Gasteiger partial charge in [-0.2, -0.15) is 0 Å². The number of hydrogen-bond acceptors (Lipinski definition) is 2. The monoisotopic (exact) mass is 298 g/mol. The van der Waals surface area contributed by atoms with Gasteiger partial charge < -0.3 is 10.6 Å². The smallest absolute Gasteiger partial charge is 0.226 e. The van der Waals surface area contributed by atoms with Gasteiger partial charge in [0.15, 0.2) is 0 Å². The van der Waals surface area contributed by atoms with Crippen molar-refractivity contribution in [3.63, 3.8) is 0 Å². The van der Waals surface area contributed by atoms with Crippen molar-refractivity contribution >= 4 is 21.8 Å². The molecular weight excluding hydrogens is 280 g/mol. The van der Waals surface area contributed by atoms with E-state index in [0.29, 0.717) is 6.54 Å². The largest absolute Gasteiger partial charge is 0.359 e. The first-order valence-corrected chi connectivity index (χ1v) is 6.42. The second-order valence-electron chi connectivity index (χ2n) is 4.69. The van der Waals surface area contributed by atoms with Gasteiger partial charge in [-0.1, -0.05) is 28.1 Å². The van der Waals surface area contributed by atoms with Crippen LogP contribution >= 0.6 is 15.9 Å². The average Bonchev–Trinajstić information content (AvgIpc) is 2.30. The van der Waals surface area contributed by atoms with E-state index in [2.05, 4.69) is 38.7 Å². The third-order valence-corrected chi connectivity index (χ3v) is 3.18. The van der Waals surface area contributed by atoms with Crippen molar-refractivity contribution < 1.29 is 4.79 Å². The third kappa shape index (κ3) is 4.48. The Morgan fingerprint density at radius 1 is 1.29 bits per heavy atom. The lowest BCUT2D eigenvalue weighted by molar-refractivity contribution is -0.128. The summed E-state index contributed by atoms with van der Waals surface area (Å²) in [6.45, 7) is 5.29. The van der Waals surface area contributed by atoms with Gasteiger partial charge in [0.05, 0.1) is 5.41 Å². The predicted octanol–water partition coefficient (Wildman–Crippen LogP) is 2.31. The first-order valence-electron chi connectivity index (χ1n) is 5.63. The quantitative estimate of drug-likeness (QED) is 0.876. The van der Waals surface area contributed by atoms with E-state index in [0.717, 1.165) is 11.0 Å². The lowest BCUT2D eigenvalue weighted by Gasteiger charge is -2.22. The Kier molecular flexibility index (Phi) is 5.15. The summed E-state index contributed by atoms with van der Waals surface area (Å²) >= 11 is 3.40. The van der Waals surface area contributed by atoms with Crippen LogP contribution in [0.2, 0.25) is 0 Å². The Morgan fingerprint density at radius 3 is 2.41 bits per heavy atom. The maximum Gasteiger partial charge on any atom is 0.226 e. The molecule has 0 bridgehead atoms. The normalized spacial score (nSPS) is 11.3. The van der Waals surface area contributed by atoms with Crippen LogP contribution in [0.1, 0.15) is 19.4 Å². The highest BCUT2D eigenvalue weighted by Crippen LogP contribution is 2.14. The highest BCUT2D eigenvalue weighted by atomic mass is 79.9. The standard InChI is InChI=1S/C13H19BrN2O/c1-13(2,12(17)15-3)9-16-8-10-4-6-11(14)7-5-10/h4-7,16H,8-9H2,1-3H3,(H,15,17). The predicted molar refractivity (Wildman–Crippen MR) is 73.7 cm³/mol. The number of halogens is 1. The summed E-state index contributed by atoms with van der Waals surface area (Å²) < 4.78 is 1.08. The number of rotatable bonds is 5. The van der Waals surface area contributed by atoms with Gasteiger partial charge in [0.25, 0.3) is 0 Å². The van der Waals surface area contributed by atoms with E-state index in [1.807, 2.05) is 26.0 Å². The number of hydrogen-bond donors (Lipinski definition) is 2. The highest BCUT2D eigenvalue weighted by molar-refractivity contribution is 9.10. The van der Waals surface area contributed by atoms with Crippen molar-refractivity contribution in [3.05, 3.63) is 34.3 Å². The van der Waals surface area contributed by atoms with Gasteiger partial charge in [0.1, 0.15) is 0 Å². The van der Waals surface area contributed by atoms with Crippen LogP contribution < -0.4 is 10.6 Å².